The van der Waals surface area contributed by atoms with Gasteiger partial charge >= 0.3 is 13.8 Å². The van der Waals surface area contributed by atoms with Crippen molar-refractivity contribution in [2.24, 2.45) is 0 Å². The number of hydrogen-bond donors (Lipinski definition) is 2. The lowest BCUT2D eigenvalue weighted by atomic mass is 10.0. The molecule has 2 N–H and O–H groups in total. The fourth-order valence-electron chi connectivity index (χ4n) is 11.3. The number of rotatable bonds is 69. The minimum Gasteiger partial charge on any atom is -0.456 e. The molecule has 0 bridgehead atoms. The second-order valence-corrected chi connectivity index (χ2v) is 28.3. The zero-order valence-corrected chi connectivity index (χ0v) is 58.5. The number of carbonyl (C=O) groups is 2. The molecule has 0 radical (unpaired) electrons. The summed E-state index contributed by atoms with van der Waals surface area (Å²) in [5.41, 5.74) is 0. The Hall–Kier alpha value is -1.77. The van der Waals surface area contributed by atoms with Crippen molar-refractivity contribution in [1.82, 2.24) is 5.32 Å². The van der Waals surface area contributed by atoms with Gasteiger partial charge in [0.05, 0.1) is 33.8 Å². The molecule has 85 heavy (non-hydrogen) atoms. The Morgan fingerprint density at radius 1 is 0.400 bits per heavy atom. The Bertz CT molecular complexity index is 1550. The number of nitrogens with zero attached hydrogens (tertiary/aromatic N) is 1. The summed E-state index contributed by atoms with van der Waals surface area (Å²) in [6, 6.07) is -0.846. The maximum absolute atomic E-state index is 13.6. The zero-order chi connectivity index (χ0) is 62.1. The molecule has 3 atom stereocenters. The van der Waals surface area contributed by atoms with Crippen molar-refractivity contribution in [2.45, 2.75) is 392 Å². The average Bonchev–Trinajstić information content (AvgIpc) is 3.64. The highest BCUT2D eigenvalue weighted by Gasteiger charge is 2.30. The van der Waals surface area contributed by atoms with Gasteiger partial charge in [-0.15, -0.1) is 0 Å². The number of phosphoric ester groups is 1. The van der Waals surface area contributed by atoms with Crippen molar-refractivity contribution < 1.29 is 37.3 Å². The highest BCUT2D eigenvalue weighted by molar-refractivity contribution is 7.47. The van der Waals surface area contributed by atoms with E-state index in [4.69, 9.17) is 13.8 Å². The minimum absolute atomic E-state index is 0.0431. The Morgan fingerprint density at radius 2 is 0.682 bits per heavy atom. The molecule has 0 fully saturated rings. The largest absolute Gasteiger partial charge is 0.472 e. The van der Waals surface area contributed by atoms with E-state index < -0.39 is 20.0 Å². The van der Waals surface area contributed by atoms with Crippen LogP contribution in [0, 0.1) is 0 Å². The SMILES string of the molecule is CCCCCCCC/C=C/CCCCCCCCCCCCCCCCCC(=O)NC(COP(=O)(O)OCC[N+](C)(C)C)C(/C=C\CCCCCCCCCCCCC)OC(=O)CCCCCCCCCCCCC/C=C/CCCCCCCC. The molecule has 0 heterocycles. The van der Waals surface area contributed by atoms with Gasteiger partial charge in [0.1, 0.15) is 19.3 Å². The van der Waals surface area contributed by atoms with Crippen molar-refractivity contribution in [3.63, 3.8) is 0 Å². The molecule has 0 aromatic rings. The molecule has 1 amide bonds. The van der Waals surface area contributed by atoms with E-state index >= 15 is 0 Å². The van der Waals surface area contributed by atoms with Crippen LogP contribution in [0.25, 0.3) is 0 Å². The molecule has 0 saturated heterocycles. The summed E-state index contributed by atoms with van der Waals surface area (Å²) >= 11 is 0. The van der Waals surface area contributed by atoms with Gasteiger partial charge in [-0.1, -0.05) is 321 Å². The predicted octanol–water partition coefficient (Wildman–Crippen LogP) is 23.8. The van der Waals surface area contributed by atoms with Crippen molar-refractivity contribution in [2.75, 3.05) is 40.9 Å². The first-order valence-corrected chi connectivity index (χ1v) is 38.8. The number of unbranched alkanes of at least 4 members (excludes halogenated alkanes) is 49. The Morgan fingerprint density at radius 3 is 1.00 bits per heavy atom. The van der Waals surface area contributed by atoms with Gasteiger partial charge in [0.15, 0.2) is 0 Å². The number of nitrogens with one attached hydrogen (secondary N) is 1. The highest BCUT2D eigenvalue weighted by Crippen LogP contribution is 2.43. The van der Waals surface area contributed by atoms with E-state index in [2.05, 4.69) is 56.5 Å². The Balaban J connectivity index is 5.02. The number of allylic oxidation sites excluding steroid dienone is 5. The van der Waals surface area contributed by atoms with Crippen molar-refractivity contribution in [3.05, 3.63) is 36.5 Å². The molecule has 0 aliphatic rings. The Kier molecular flexibility index (Phi) is 63.8. The average molecular weight is 1220 g/mol. The van der Waals surface area contributed by atoms with Gasteiger partial charge in [-0.25, -0.2) is 4.57 Å². The van der Waals surface area contributed by atoms with Gasteiger partial charge in [-0.05, 0) is 83.1 Å². The van der Waals surface area contributed by atoms with E-state index in [1.54, 1.807) is 0 Å². The third-order valence-electron chi connectivity index (χ3n) is 17.1. The van der Waals surface area contributed by atoms with E-state index in [-0.39, 0.29) is 25.1 Å². The summed E-state index contributed by atoms with van der Waals surface area (Å²) in [6.07, 6.45) is 81.6. The first kappa shape index (κ1) is 83.2. The highest BCUT2D eigenvalue weighted by atomic mass is 31.2. The molecule has 0 spiro atoms. The second kappa shape index (κ2) is 65.2. The quantitative estimate of drug-likeness (QED) is 0.0205. The third-order valence-corrected chi connectivity index (χ3v) is 18.0. The molecule has 0 aliphatic carbocycles. The molecule has 0 aromatic carbocycles. The molecule has 9 nitrogen and oxygen atoms in total. The van der Waals surface area contributed by atoms with Gasteiger partial charge in [-0.3, -0.25) is 18.6 Å². The van der Waals surface area contributed by atoms with E-state index in [1.165, 1.54) is 289 Å². The number of likely N-dealkylation sites (N-methyl/N-ethyl adjacent to an activating group) is 1. The number of esters is 1. The predicted molar refractivity (Wildman–Crippen MR) is 369 cm³/mol. The number of quaternary nitrogens is 1. The van der Waals surface area contributed by atoms with Crippen LogP contribution < -0.4 is 5.32 Å². The lowest BCUT2D eigenvalue weighted by molar-refractivity contribution is -0.870. The molecule has 10 heteroatoms. The topological polar surface area (TPSA) is 111 Å². The summed E-state index contributed by atoms with van der Waals surface area (Å²) in [5, 5.41) is 3.08. The number of carbonyl (C=O) groups excluding carboxylic acids is 2. The third kappa shape index (κ3) is 66.5. The number of amides is 1. The van der Waals surface area contributed by atoms with Gasteiger partial charge < -0.3 is 19.4 Å². The molecular weight excluding hydrogens is 1070 g/mol. The molecule has 3 unspecified atom stereocenters. The fourth-order valence-corrected chi connectivity index (χ4v) is 12.0. The van der Waals surface area contributed by atoms with Crippen LogP contribution in [0.4, 0.5) is 0 Å². The summed E-state index contributed by atoms with van der Waals surface area (Å²) in [6.45, 7) is 7.07. The molecular formula is C75H146N2O7P+. The molecule has 0 aliphatic heterocycles. The maximum Gasteiger partial charge on any atom is 0.472 e. The van der Waals surface area contributed by atoms with Crippen LogP contribution in [0.5, 0.6) is 0 Å². The van der Waals surface area contributed by atoms with Gasteiger partial charge in [0, 0.05) is 12.8 Å². The van der Waals surface area contributed by atoms with Crippen LogP contribution in [-0.4, -0.2) is 74.3 Å². The van der Waals surface area contributed by atoms with Crippen molar-refractivity contribution in [1.29, 1.82) is 0 Å². The Labute approximate surface area is 529 Å². The molecule has 0 aromatic heterocycles. The van der Waals surface area contributed by atoms with E-state index in [0.717, 1.165) is 57.8 Å². The van der Waals surface area contributed by atoms with Crippen molar-refractivity contribution >= 4 is 19.7 Å². The normalized spacial score (nSPS) is 13.6. The van der Waals surface area contributed by atoms with Crippen LogP contribution in [0.2, 0.25) is 0 Å². The number of phosphoric acid groups is 1. The number of hydrogen-bond acceptors (Lipinski definition) is 6. The van der Waals surface area contributed by atoms with Gasteiger partial charge in [0.25, 0.3) is 0 Å². The summed E-state index contributed by atoms with van der Waals surface area (Å²) in [5.74, 6) is -0.484. The second-order valence-electron chi connectivity index (χ2n) is 26.8. The van der Waals surface area contributed by atoms with E-state index in [0.29, 0.717) is 23.9 Å². The van der Waals surface area contributed by atoms with Crippen LogP contribution in [0.15, 0.2) is 36.5 Å². The lowest BCUT2D eigenvalue weighted by Gasteiger charge is -2.27. The summed E-state index contributed by atoms with van der Waals surface area (Å²) < 4.78 is 30.9. The standard InChI is InChI=1S/C75H145N2O7P/c1-7-10-13-16-19-22-25-28-30-32-34-36-37-38-39-41-42-44-46-49-52-55-58-61-64-67-74(78)76-72(71-83-85(80,81)82-70-69-77(4,5)6)73(66-63-60-57-54-51-48-27-24-21-18-15-12-9-3)84-75(79)68-65-62-59-56-53-50-47-45-43-40-35-33-31-29-26-23-20-17-14-11-8-2/h28-31,63,66,72-73H,7-27,32-62,64-65,67-71H2,1-6H3,(H-,76,78,80,81)/p+1/b30-28+,31-29+,66-63-. The number of ether oxygens (including phenoxy) is 1. The summed E-state index contributed by atoms with van der Waals surface area (Å²) in [4.78, 5) is 38.0. The van der Waals surface area contributed by atoms with E-state index in [9.17, 15) is 19.0 Å². The molecule has 502 valence electrons. The first-order valence-electron chi connectivity index (χ1n) is 37.3. The first-order chi connectivity index (χ1) is 41.4. The van der Waals surface area contributed by atoms with Crippen molar-refractivity contribution in [3.8, 4) is 0 Å². The van der Waals surface area contributed by atoms with Gasteiger partial charge in [-0.2, -0.15) is 0 Å². The molecule has 0 saturated carbocycles. The van der Waals surface area contributed by atoms with Crippen LogP contribution in [0.1, 0.15) is 380 Å². The fraction of sp³-hybridized carbons (Fsp3) is 0.893. The monoisotopic (exact) mass is 1220 g/mol. The maximum atomic E-state index is 13.6. The minimum atomic E-state index is -4.45. The van der Waals surface area contributed by atoms with Crippen LogP contribution in [0.3, 0.4) is 0 Å². The van der Waals surface area contributed by atoms with Gasteiger partial charge in [0.2, 0.25) is 5.91 Å². The lowest BCUT2D eigenvalue weighted by Crippen LogP contribution is -2.47. The zero-order valence-electron chi connectivity index (χ0n) is 57.6. The molecule has 0 rings (SSSR count). The summed E-state index contributed by atoms with van der Waals surface area (Å²) in [7, 11) is 1.51. The smallest absolute Gasteiger partial charge is 0.456 e. The van der Waals surface area contributed by atoms with Crippen LogP contribution in [-0.2, 0) is 27.9 Å². The van der Waals surface area contributed by atoms with E-state index in [1.807, 2.05) is 27.2 Å². The van der Waals surface area contributed by atoms with Crippen LogP contribution >= 0.6 is 7.82 Å².